The van der Waals surface area contributed by atoms with Gasteiger partial charge in [-0.1, -0.05) is 12.1 Å². The van der Waals surface area contributed by atoms with E-state index in [0.717, 1.165) is 22.8 Å². The van der Waals surface area contributed by atoms with Crippen LogP contribution in [-0.4, -0.2) is 50.6 Å². The number of fused-ring (bicyclic) bond motifs is 1. The highest BCUT2D eigenvalue weighted by Crippen LogP contribution is 2.35. The van der Waals surface area contributed by atoms with Crippen molar-refractivity contribution in [2.24, 2.45) is 5.92 Å². The molecule has 1 saturated heterocycles. The van der Waals surface area contributed by atoms with Gasteiger partial charge in [0.15, 0.2) is 0 Å². The van der Waals surface area contributed by atoms with E-state index in [2.05, 4.69) is 6.07 Å². The molecule has 1 fully saturated rings. The number of amides is 1. The summed E-state index contributed by atoms with van der Waals surface area (Å²) in [6.45, 7) is 3.85. The Balaban J connectivity index is 1.43. The fourth-order valence-electron chi connectivity index (χ4n) is 4.14. The van der Waals surface area contributed by atoms with Crippen LogP contribution in [0.3, 0.4) is 0 Å². The molecule has 0 spiro atoms. The van der Waals surface area contributed by atoms with Crippen LogP contribution in [0.5, 0.6) is 5.75 Å². The van der Waals surface area contributed by atoms with Crippen molar-refractivity contribution in [3.8, 4) is 5.75 Å². The molecule has 0 radical (unpaired) electrons. The molecule has 166 valence electrons. The molecule has 2 aliphatic heterocycles. The number of benzene rings is 2. The van der Waals surface area contributed by atoms with Gasteiger partial charge in [-0.05, 0) is 68.3 Å². The first-order valence-corrected chi connectivity index (χ1v) is 13.2. The number of carbonyl (C=O) groups is 1. The van der Waals surface area contributed by atoms with Gasteiger partial charge in [0.25, 0.3) is 0 Å². The van der Waals surface area contributed by atoms with Crippen LogP contribution in [-0.2, 0) is 14.8 Å². The van der Waals surface area contributed by atoms with E-state index in [1.54, 1.807) is 36.0 Å². The molecule has 2 aromatic carbocycles. The zero-order valence-corrected chi connectivity index (χ0v) is 19.3. The van der Waals surface area contributed by atoms with Gasteiger partial charge in [0.2, 0.25) is 15.9 Å². The number of rotatable bonds is 5. The first-order chi connectivity index (χ1) is 15.0. The summed E-state index contributed by atoms with van der Waals surface area (Å²) in [5.74, 6) is 1.62. The van der Waals surface area contributed by atoms with Gasteiger partial charge in [0, 0.05) is 30.4 Å². The van der Waals surface area contributed by atoms with Gasteiger partial charge in [0.1, 0.15) is 5.75 Å². The van der Waals surface area contributed by atoms with Crippen LogP contribution in [0.4, 0.5) is 5.69 Å². The molecule has 0 aromatic heterocycles. The molecule has 2 aromatic rings. The molecule has 31 heavy (non-hydrogen) atoms. The Hall–Kier alpha value is -2.03. The number of piperidine rings is 1. The molecule has 2 heterocycles. The molecule has 6 nitrogen and oxygen atoms in total. The summed E-state index contributed by atoms with van der Waals surface area (Å²) in [5.41, 5.74) is 0.986. The van der Waals surface area contributed by atoms with Crippen molar-refractivity contribution in [2.45, 2.75) is 36.0 Å². The van der Waals surface area contributed by atoms with Gasteiger partial charge in [-0.15, -0.1) is 11.8 Å². The number of thioether (sulfide) groups is 1. The molecular formula is C23H28N2O4S2. The number of hydrogen-bond acceptors (Lipinski definition) is 5. The molecule has 0 bridgehead atoms. The molecule has 0 unspecified atom stereocenters. The number of sulfonamides is 1. The second-order valence-electron chi connectivity index (χ2n) is 7.74. The maximum Gasteiger partial charge on any atom is 0.243 e. The van der Waals surface area contributed by atoms with Crippen LogP contribution in [0.15, 0.2) is 58.3 Å². The van der Waals surface area contributed by atoms with Crippen LogP contribution >= 0.6 is 11.8 Å². The molecule has 1 amide bonds. The van der Waals surface area contributed by atoms with E-state index in [0.29, 0.717) is 44.8 Å². The molecule has 0 N–H and O–H groups in total. The minimum Gasteiger partial charge on any atom is -0.494 e. The van der Waals surface area contributed by atoms with E-state index in [4.69, 9.17) is 4.74 Å². The largest absolute Gasteiger partial charge is 0.494 e. The van der Waals surface area contributed by atoms with Crippen LogP contribution in [0.1, 0.15) is 26.2 Å². The summed E-state index contributed by atoms with van der Waals surface area (Å²) < 4.78 is 33.0. The Morgan fingerprint density at radius 3 is 2.48 bits per heavy atom. The Kier molecular flexibility index (Phi) is 6.89. The van der Waals surface area contributed by atoms with E-state index in [1.807, 2.05) is 30.0 Å². The second kappa shape index (κ2) is 9.63. The van der Waals surface area contributed by atoms with Gasteiger partial charge < -0.3 is 9.64 Å². The number of nitrogens with zero attached hydrogens (tertiary/aromatic N) is 2. The van der Waals surface area contributed by atoms with Gasteiger partial charge in [-0.25, -0.2) is 8.42 Å². The minimum atomic E-state index is -3.57. The molecule has 2 aliphatic rings. The highest BCUT2D eigenvalue weighted by atomic mass is 32.2. The average Bonchev–Trinajstić information content (AvgIpc) is 3.02. The molecule has 0 saturated carbocycles. The molecule has 8 heteroatoms. The Bertz CT molecular complexity index is 1020. The summed E-state index contributed by atoms with van der Waals surface area (Å²) in [4.78, 5) is 16.6. The SMILES string of the molecule is CCOc1ccc(S(=O)(=O)N2CCC(C(=O)N3CCCSc4ccccc43)CC2)cc1. The number of carbonyl (C=O) groups excluding carboxylic acids is 1. The summed E-state index contributed by atoms with van der Waals surface area (Å²) in [5, 5.41) is 0. The van der Waals surface area contributed by atoms with Gasteiger partial charge >= 0.3 is 0 Å². The van der Waals surface area contributed by atoms with Gasteiger partial charge in [-0.2, -0.15) is 4.31 Å². The average molecular weight is 461 g/mol. The van der Waals surface area contributed by atoms with Crippen LogP contribution in [0.2, 0.25) is 0 Å². The summed E-state index contributed by atoms with van der Waals surface area (Å²) in [7, 11) is -3.57. The predicted molar refractivity (Wildman–Crippen MR) is 123 cm³/mol. The molecule has 0 aliphatic carbocycles. The monoisotopic (exact) mass is 460 g/mol. The van der Waals surface area contributed by atoms with Crippen molar-refractivity contribution >= 4 is 33.4 Å². The number of hydrogen-bond donors (Lipinski definition) is 0. The zero-order valence-electron chi connectivity index (χ0n) is 17.7. The third-order valence-electron chi connectivity index (χ3n) is 5.78. The lowest BCUT2D eigenvalue weighted by atomic mass is 9.96. The normalized spacial score (nSPS) is 18.3. The Morgan fingerprint density at radius 2 is 1.77 bits per heavy atom. The summed E-state index contributed by atoms with van der Waals surface area (Å²) in [6, 6.07) is 14.6. The van der Waals surface area contributed by atoms with Crippen molar-refractivity contribution in [3.05, 3.63) is 48.5 Å². The van der Waals surface area contributed by atoms with E-state index >= 15 is 0 Å². The van der Waals surface area contributed by atoms with Gasteiger partial charge in [-0.3, -0.25) is 4.79 Å². The smallest absolute Gasteiger partial charge is 0.243 e. The van der Waals surface area contributed by atoms with Crippen molar-refractivity contribution in [3.63, 3.8) is 0 Å². The van der Waals surface area contributed by atoms with E-state index < -0.39 is 10.0 Å². The Morgan fingerprint density at radius 1 is 1.06 bits per heavy atom. The lowest BCUT2D eigenvalue weighted by molar-refractivity contribution is -0.123. The number of ether oxygens (including phenoxy) is 1. The first kappa shape index (κ1) is 22.2. The quantitative estimate of drug-likeness (QED) is 0.674. The van der Waals surface area contributed by atoms with Crippen LogP contribution in [0.25, 0.3) is 0 Å². The standard InChI is InChI=1S/C23H28N2O4S2/c1-2-29-19-8-10-20(11-9-19)31(27,28)24-15-12-18(13-16-24)23(26)25-14-5-17-30-22-7-4-3-6-21(22)25/h3-4,6-11,18H,2,5,12-17H2,1H3. The summed E-state index contributed by atoms with van der Waals surface area (Å²) in [6.07, 6.45) is 2.04. The fraction of sp³-hybridized carbons (Fsp3) is 0.435. The highest BCUT2D eigenvalue weighted by Gasteiger charge is 2.35. The molecule has 4 rings (SSSR count). The van der Waals surface area contributed by atoms with E-state index in [1.165, 1.54) is 4.31 Å². The predicted octanol–water partition coefficient (Wildman–Crippen LogP) is 4.02. The lowest BCUT2D eigenvalue weighted by Crippen LogP contribution is -2.44. The Labute approximate surface area is 188 Å². The maximum absolute atomic E-state index is 13.3. The lowest BCUT2D eigenvalue weighted by Gasteiger charge is -2.33. The third kappa shape index (κ3) is 4.76. The third-order valence-corrected chi connectivity index (χ3v) is 8.84. The molecule has 0 atom stereocenters. The number of para-hydroxylation sites is 1. The number of anilines is 1. The van der Waals surface area contributed by atoms with Crippen molar-refractivity contribution in [1.82, 2.24) is 4.31 Å². The van der Waals surface area contributed by atoms with Crippen molar-refractivity contribution in [1.29, 1.82) is 0 Å². The molecular weight excluding hydrogens is 432 g/mol. The first-order valence-electron chi connectivity index (χ1n) is 10.8. The van der Waals surface area contributed by atoms with Crippen LogP contribution in [0, 0.1) is 5.92 Å². The van der Waals surface area contributed by atoms with Crippen molar-refractivity contribution in [2.75, 3.05) is 36.9 Å². The topological polar surface area (TPSA) is 66.9 Å². The van der Waals surface area contributed by atoms with Crippen molar-refractivity contribution < 1.29 is 17.9 Å². The van der Waals surface area contributed by atoms with Crippen LogP contribution < -0.4 is 9.64 Å². The second-order valence-corrected chi connectivity index (χ2v) is 10.8. The fourth-order valence-corrected chi connectivity index (χ4v) is 6.61. The van der Waals surface area contributed by atoms with E-state index in [9.17, 15) is 13.2 Å². The van der Waals surface area contributed by atoms with E-state index in [-0.39, 0.29) is 16.7 Å². The summed E-state index contributed by atoms with van der Waals surface area (Å²) >= 11 is 1.79. The minimum absolute atomic E-state index is 0.119. The highest BCUT2D eigenvalue weighted by molar-refractivity contribution is 7.99. The zero-order chi connectivity index (χ0) is 21.8. The van der Waals surface area contributed by atoms with Gasteiger partial charge in [0.05, 0.1) is 17.2 Å². The maximum atomic E-state index is 13.3.